The van der Waals surface area contributed by atoms with E-state index in [1.165, 1.54) is 11.3 Å². The van der Waals surface area contributed by atoms with Crippen LogP contribution in [0.15, 0.2) is 54.6 Å². The number of sulfone groups is 1. The zero-order valence-electron chi connectivity index (χ0n) is 16.6. The van der Waals surface area contributed by atoms with Crippen molar-refractivity contribution >= 4 is 42.4 Å². The molecule has 0 spiro atoms. The van der Waals surface area contributed by atoms with E-state index in [1.807, 2.05) is 42.5 Å². The topological polar surface area (TPSA) is 76.6 Å². The fourth-order valence-corrected chi connectivity index (χ4v) is 5.85. The minimum absolute atomic E-state index is 0.0399. The van der Waals surface area contributed by atoms with Crippen molar-refractivity contribution in [1.29, 1.82) is 0 Å². The molecule has 0 bridgehead atoms. The fourth-order valence-electron chi connectivity index (χ4n) is 3.53. The monoisotopic (exact) mass is 444 g/mol. The molecule has 1 saturated heterocycles. The average Bonchev–Trinajstić information content (AvgIpc) is 3.40. The molecule has 1 atom stereocenters. The van der Waals surface area contributed by atoms with E-state index in [4.69, 9.17) is 4.74 Å². The van der Waals surface area contributed by atoms with Crippen LogP contribution >= 0.6 is 11.3 Å². The number of anilines is 1. The third-order valence-electron chi connectivity index (χ3n) is 5.08. The van der Waals surface area contributed by atoms with Crippen LogP contribution in [0, 0.1) is 0 Å². The van der Waals surface area contributed by atoms with E-state index >= 15 is 0 Å². The predicted octanol–water partition coefficient (Wildman–Crippen LogP) is 3.81. The van der Waals surface area contributed by atoms with Gasteiger partial charge in [0.05, 0.1) is 34.4 Å². The molecule has 1 fully saturated rings. The van der Waals surface area contributed by atoms with E-state index in [1.54, 1.807) is 17.0 Å². The normalized spacial score (nSPS) is 16.7. The van der Waals surface area contributed by atoms with Crippen molar-refractivity contribution in [2.75, 3.05) is 23.8 Å². The van der Waals surface area contributed by atoms with Crippen LogP contribution in [0.4, 0.5) is 5.13 Å². The summed E-state index contributed by atoms with van der Waals surface area (Å²) >= 11 is 1.44. The second kappa shape index (κ2) is 9.24. The Balaban J connectivity index is 1.48. The zero-order chi connectivity index (χ0) is 21.0. The van der Waals surface area contributed by atoms with Crippen LogP contribution in [0.1, 0.15) is 24.8 Å². The van der Waals surface area contributed by atoms with Crippen LogP contribution in [-0.2, 0) is 25.1 Å². The standard InChI is InChI=1S/C22H24N2O4S2/c25-21(12-14-30(26,27)16-17-7-2-1-3-8-17)24(15-18-9-6-13-28-18)22-23-19-10-4-5-11-20(19)29-22/h1-5,7-8,10-11,18H,6,9,12-16H2/t18-/m0/s1. The maximum atomic E-state index is 13.1. The number of amides is 1. The van der Waals surface area contributed by atoms with Gasteiger partial charge in [-0.3, -0.25) is 9.69 Å². The average molecular weight is 445 g/mol. The summed E-state index contributed by atoms with van der Waals surface area (Å²) in [5.74, 6) is -0.483. The van der Waals surface area contributed by atoms with Gasteiger partial charge in [-0.15, -0.1) is 0 Å². The molecule has 4 rings (SSSR count). The third-order valence-corrected chi connectivity index (χ3v) is 7.74. The van der Waals surface area contributed by atoms with Gasteiger partial charge >= 0.3 is 0 Å². The van der Waals surface area contributed by atoms with Crippen molar-refractivity contribution in [1.82, 2.24) is 4.98 Å². The first-order valence-electron chi connectivity index (χ1n) is 10.0. The van der Waals surface area contributed by atoms with E-state index in [-0.39, 0.29) is 29.9 Å². The number of nitrogens with zero attached hydrogens (tertiary/aromatic N) is 2. The fraction of sp³-hybridized carbons (Fsp3) is 0.364. The number of ether oxygens (including phenoxy) is 1. The minimum atomic E-state index is -3.39. The molecule has 0 N–H and O–H groups in total. The smallest absolute Gasteiger partial charge is 0.229 e. The molecule has 158 valence electrons. The summed E-state index contributed by atoms with van der Waals surface area (Å²) in [7, 11) is -3.39. The van der Waals surface area contributed by atoms with Gasteiger partial charge in [-0.25, -0.2) is 13.4 Å². The molecular formula is C22H24N2O4S2. The second-order valence-corrected chi connectivity index (χ2v) is 10.6. The lowest BCUT2D eigenvalue weighted by molar-refractivity contribution is -0.118. The minimum Gasteiger partial charge on any atom is -0.376 e. The summed E-state index contributed by atoms with van der Waals surface area (Å²) in [5, 5.41) is 0.595. The van der Waals surface area contributed by atoms with Gasteiger partial charge in [-0.1, -0.05) is 53.8 Å². The molecule has 0 unspecified atom stereocenters. The highest BCUT2D eigenvalue weighted by molar-refractivity contribution is 7.90. The Morgan fingerprint density at radius 3 is 2.63 bits per heavy atom. The molecule has 1 aliphatic rings. The Morgan fingerprint density at radius 1 is 1.13 bits per heavy atom. The highest BCUT2D eigenvalue weighted by Crippen LogP contribution is 2.30. The number of fused-ring (bicyclic) bond motifs is 1. The molecule has 30 heavy (non-hydrogen) atoms. The number of carbonyl (C=O) groups excluding carboxylic acids is 1. The summed E-state index contributed by atoms with van der Waals surface area (Å²) in [4.78, 5) is 19.3. The lowest BCUT2D eigenvalue weighted by Crippen LogP contribution is -2.38. The van der Waals surface area contributed by atoms with Crippen LogP contribution in [0.3, 0.4) is 0 Å². The summed E-state index contributed by atoms with van der Waals surface area (Å²) in [6, 6.07) is 16.8. The van der Waals surface area contributed by atoms with Gasteiger partial charge in [-0.2, -0.15) is 0 Å². The van der Waals surface area contributed by atoms with Gasteiger partial charge in [0.15, 0.2) is 15.0 Å². The van der Waals surface area contributed by atoms with Crippen molar-refractivity contribution in [2.24, 2.45) is 0 Å². The Morgan fingerprint density at radius 2 is 1.90 bits per heavy atom. The highest BCUT2D eigenvalue weighted by atomic mass is 32.2. The SMILES string of the molecule is O=C(CCS(=O)(=O)Cc1ccccc1)N(C[C@@H]1CCCO1)c1nc2ccccc2s1. The van der Waals surface area contributed by atoms with Crippen LogP contribution in [0.5, 0.6) is 0 Å². The highest BCUT2D eigenvalue weighted by Gasteiger charge is 2.27. The molecule has 3 aromatic rings. The molecular weight excluding hydrogens is 420 g/mol. The molecule has 1 amide bonds. The van der Waals surface area contributed by atoms with Crippen molar-refractivity contribution in [3.05, 3.63) is 60.2 Å². The molecule has 0 aliphatic carbocycles. The number of carbonyl (C=O) groups is 1. The van der Waals surface area contributed by atoms with Crippen molar-refractivity contribution < 1.29 is 17.9 Å². The first-order valence-corrected chi connectivity index (χ1v) is 12.7. The number of para-hydroxylation sites is 1. The van der Waals surface area contributed by atoms with E-state index in [9.17, 15) is 13.2 Å². The second-order valence-electron chi connectivity index (χ2n) is 7.43. The number of hydrogen-bond donors (Lipinski definition) is 0. The van der Waals surface area contributed by atoms with Crippen LogP contribution in [0.25, 0.3) is 10.2 Å². The van der Waals surface area contributed by atoms with Gasteiger partial charge in [-0.05, 0) is 30.5 Å². The van der Waals surface area contributed by atoms with Crippen LogP contribution in [-0.4, -0.2) is 44.3 Å². The van der Waals surface area contributed by atoms with E-state index in [2.05, 4.69) is 4.98 Å². The van der Waals surface area contributed by atoms with Gasteiger partial charge in [0.2, 0.25) is 5.91 Å². The van der Waals surface area contributed by atoms with Gasteiger partial charge < -0.3 is 4.74 Å². The third kappa shape index (κ3) is 5.24. The van der Waals surface area contributed by atoms with Crippen molar-refractivity contribution in [3.8, 4) is 0 Å². The maximum absolute atomic E-state index is 13.1. The van der Waals surface area contributed by atoms with E-state index in [0.717, 1.165) is 28.6 Å². The first kappa shape index (κ1) is 21.0. The molecule has 0 radical (unpaired) electrons. The van der Waals surface area contributed by atoms with Gasteiger partial charge in [0, 0.05) is 13.0 Å². The number of benzene rings is 2. The molecule has 0 saturated carbocycles. The quantitative estimate of drug-likeness (QED) is 0.528. The van der Waals surface area contributed by atoms with Crippen molar-refractivity contribution in [2.45, 2.75) is 31.1 Å². The number of thiazole rings is 1. The number of hydrogen-bond acceptors (Lipinski definition) is 6. The molecule has 1 aromatic heterocycles. The Kier molecular flexibility index (Phi) is 6.46. The zero-order valence-corrected chi connectivity index (χ0v) is 18.2. The summed E-state index contributed by atoms with van der Waals surface area (Å²) in [5.41, 5.74) is 1.56. The lowest BCUT2D eigenvalue weighted by Gasteiger charge is -2.23. The van der Waals surface area contributed by atoms with E-state index in [0.29, 0.717) is 18.3 Å². The number of rotatable bonds is 8. The maximum Gasteiger partial charge on any atom is 0.229 e. The molecule has 2 heterocycles. The van der Waals surface area contributed by atoms with Crippen LogP contribution < -0.4 is 4.90 Å². The molecule has 1 aliphatic heterocycles. The van der Waals surface area contributed by atoms with Crippen molar-refractivity contribution in [3.63, 3.8) is 0 Å². The van der Waals surface area contributed by atoms with Gasteiger partial charge in [0.25, 0.3) is 0 Å². The first-order chi connectivity index (χ1) is 14.5. The summed E-state index contributed by atoms with van der Waals surface area (Å²) < 4.78 is 31.8. The summed E-state index contributed by atoms with van der Waals surface area (Å²) in [6.07, 6.45) is 1.75. The Hall–Kier alpha value is -2.29. The molecule has 6 nitrogen and oxygen atoms in total. The van der Waals surface area contributed by atoms with Gasteiger partial charge in [0.1, 0.15) is 0 Å². The molecule has 8 heteroatoms. The Bertz CT molecular complexity index is 1070. The number of aromatic nitrogens is 1. The Labute approximate surface area is 180 Å². The van der Waals surface area contributed by atoms with Crippen LogP contribution in [0.2, 0.25) is 0 Å². The predicted molar refractivity (Wildman–Crippen MR) is 119 cm³/mol. The lowest BCUT2D eigenvalue weighted by atomic mass is 10.2. The summed E-state index contributed by atoms with van der Waals surface area (Å²) in [6.45, 7) is 1.09. The van der Waals surface area contributed by atoms with E-state index < -0.39 is 9.84 Å². The molecule has 2 aromatic carbocycles. The largest absolute Gasteiger partial charge is 0.376 e.